The molecule has 4 atom stereocenters. The van der Waals surface area contributed by atoms with Gasteiger partial charge in [0.2, 0.25) is 0 Å². The van der Waals surface area contributed by atoms with Crippen molar-refractivity contribution in [3.63, 3.8) is 0 Å². The van der Waals surface area contributed by atoms with Gasteiger partial charge in [-0.3, -0.25) is 19.0 Å². The van der Waals surface area contributed by atoms with Crippen LogP contribution in [-0.2, 0) is 33.3 Å². The third-order valence-electron chi connectivity index (χ3n) is 4.00. The quantitative estimate of drug-likeness (QED) is 0.526. The number of anilines is 1. The van der Waals surface area contributed by atoms with E-state index >= 15 is 0 Å². The molecule has 0 radical (unpaired) electrons. The van der Waals surface area contributed by atoms with Crippen LogP contribution in [0.15, 0.2) is 12.7 Å². The molecule has 12 heteroatoms. The summed E-state index contributed by atoms with van der Waals surface area (Å²) in [6.07, 6.45) is -1.22. The Morgan fingerprint density at radius 3 is 2.39 bits per heavy atom. The fourth-order valence-corrected chi connectivity index (χ4v) is 2.97. The Morgan fingerprint density at radius 1 is 1.07 bits per heavy atom. The van der Waals surface area contributed by atoms with Gasteiger partial charge in [-0.2, -0.15) is 0 Å². The number of carbonyl (C=O) groups excluding carboxylic acids is 3. The van der Waals surface area contributed by atoms with Gasteiger partial charge in [0, 0.05) is 20.8 Å². The number of esters is 3. The number of nitrogens with two attached hydrogens (primary N) is 1. The van der Waals surface area contributed by atoms with Crippen molar-refractivity contribution in [2.75, 3.05) is 12.3 Å². The number of hydrogen-bond donors (Lipinski definition) is 1. The lowest BCUT2D eigenvalue weighted by atomic mass is 10.1. The first-order valence-electron chi connectivity index (χ1n) is 8.34. The van der Waals surface area contributed by atoms with Crippen molar-refractivity contribution in [1.29, 1.82) is 0 Å². The van der Waals surface area contributed by atoms with Crippen molar-refractivity contribution >= 4 is 34.9 Å². The first kappa shape index (κ1) is 19.5. The van der Waals surface area contributed by atoms with Crippen molar-refractivity contribution in [2.45, 2.75) is 45.3 Å². The van der Waals surface area contributed by atoms with Crippen LogP contribution in [0.1, 0.15) is 27.0 Å². The molecular weight excluding hydrogens is 374 g/mol. The summed E-state index contributed by atoms with van der Waals surface area (Å²) in [5.41, 5.74) is 6.48. The summed E-state index contributed by atoms with van der Waals surface area (Å²) in [4.78, 5) is 46.6. The first-order chi connectivity index (χ1) is 13.3. The highest BCUT2D eigenvalue weighted by atomic mass is 16.7. The predicted molar refractivity (Wildman–Crippen MR) is 91.4 cm³/mol. The van der Waals surface area contributed by atoms with E-state index in [0.717, 1.165) is 0 Å². The number of hydrogen-bond acceptors (Lipinski definition) is 11. The molecule has 150 valence electrons. The van der Waals surface area contributed by atoms with Gasteiger partial charge < -0.3 is 24.7 Å². The van der Waals surface area contributed by atoms with Crippen LogP contribution in [0.5, 0.6) is 0 Å². The number of aromatic nitrogens is 4. The molecule has 2 aromatic rings. The number of rotatable bonds is 5. The maximum Gasteiger partial charge on any atom is 0.303 e. The van der Waals surface area contributed by atoms with E-state index in [2.05, 4.69) is 15.0 Å². The second-order valence-electron chi connectivity index (χ2n) is 6.10. The van der Waals surface area contributed by atoms with Crippen molar-refractivity contribution in [3.8, 4) is 0 Å². The van der Waals surface area contributed by atoms with E-state index in [0.29, 0.717) is 11.2 Å². The van der Waals surface area contributed by atoms with Gasteiger partial charge >= 0.3 is 17.9 Å². The zero-order valence-corrected chi connectivity index (χ0v) is 15.4. The summed E-state index contributed by atoms with van der Waals surface area (Å²) in [5.74, 6) is -1.59. The monoisotopic (exact) mass is 393 g/mol. The molecule has 12 nitrogen and oxygen atoms in total. The third-order valence-corrected chi connectivity index (χ3v) is 4.00. The minimum atomic E-state index is -1.03. The van der Waals surface area contributed by atoms with E-state index in [4.69, 9.17) is 24.7 Å². The largest absolute Gasteiger partial charge is 0.463 e. The fourth-order valence-electron chi connectivity index (χ4n) is 2.97. The van der Waals surface area contributed by atoms with Crippen LogP contribution in [0.3, 0.4) is 0 Å². The molecule has 1 saturated heterocycles. The van der Waals surface area contributed by atoms with E-state index in [-0.39, 0.29) is 12.4 Å². The molecule has 2 aromatic heterocycles. The number of imidazole rings is 1. The summed E-state index contributed by atoms with van der Waals surface area (Å²) in [5, 5.41) is 0. The molecule has 1 aliphatic heterocycles. The maximum absolute atomic E-state index is 11.7. The molecule has 3 rings (SSSR count). The van der Waals surface area contributed by atoms with Crippen LogP contribution in [0.2, 0.25) is 0 Å². The predicted octanol–water partition coefficient (Wildman–Crippen LogP) is -0.268. The van der Waals surface area contributed by atoms with Crippen LogP contribution in [0.4, 0.5) is 5.82 Å². The van der Waals surface area contributed by atoms with Gasteiger partial charge in [0.25, 0.3) is 0 Å². The molecule has 0 bridgehead atoms. The molecule has 28 heavy (non-hydrogen) atoms. The standard InChI is InChI=1S/C16H19N5O7/c1-7(22)25-4-10-12(26-8(2)23)13(27-9(3)24)16(28-10)21-6-20-11-14(17)18-5-19-15(11)21/h5-6,10,12-13,16H,4H2,1-3H3,(H2,17,18,19)/t10-,12-,13-,16?/m1/s1. The Kier molecular flexibility index (Phi) is 5.40. The molecule has 0 aliphatic carbocycles. The minimum Gasteiger partial charge on any atom is -0.463 e. The zero-order chi connectivity index (χ0) is 20.4. The summed E-state index contributed by atoms with van der Waals surface area (Å²) >= 11 is 0. The van der Waals surface area contributed by atoms with Crippen LogP contribution in [0.25, 0.3) is 11.2 Å². The van der Waals surface area contributed by atoms with Crippen molar-refractivity contribution in [3.05, 3.63) is 12.7 Å². The van der Waals surface area contributed by atoms with Gasteiger partial charge in [0.1, 0.15) is 24.6 Å². The van der Waals surface area contributed by atoms with Crippen LogP contribution >= 0.6 is 0 Å². The lowest BCUT2D eigenvalue weighted by molar-refractivity contribution is -0.166. The Morgan fingerprint density at radius 2 is 1.75 bits per heavy atom. The third kappa shape index (κ3) is 3.86. The number of nitrogen functional groups attached to an aromatic ring is 1. The summed E-state index contributed by atoms with van der Waals surface area (Å²) in [6.45, 7) is 3.46. The van der Waals surface area contributed by atoms with E-state index in [1.165, 1.54) is 38.0 Å². The smallest absolute Gasteiger partial charge is 0.303 e. The summed E-state index contributed by atoms with van der Waals surface area (Å²) in [6, 6.07) is 0. The Labute approximate surface area is 158 Å². The average molecular weight is 393 g/mol. The molecule has 0 spiro atoms. The van der Waals surface area contributed by atoms with E-state index in [9.17, 15) is 14.4 Å². The van der Waals surface area contributed by atoms with Crippen molar-refractivity contribution in [1.82, 2.24) is 19.5 Å². The molecule has 0 saturated carbocycles. The highest BCUT2D eigenvalue weighted by Gasteiger charge is 2.51. The first-order valence-corrected chi connectivity index (χ1v) is 8.34. The molecule has 0 amide bonds. The van der Waals surface area contributed by atoms with Crippen LogP contribution in [0, 0.1) is 0 Å². The lowest BCUT2D eigenvalue weighted by Gasteiger charge is -2.23. The van der Waals surface area contributed by atoms with E-state index in [1.807, 2.05) is 0 Å². The SMILES string of the molecule is CC(=O)OC[C@H]1OC(n2cnc3c(N)ncnc32)[C@H](OC(C)=O)[C@@H]1OC(C)=O. The Bertz CT molecular complexity index is 914. The van der Waals surface area contributed by atoms with Gasteiger partial charge in [-0.1, -0.05) is 0 Å². The molecule has 1 unspecified atom stereocenters. The number of nitrogens with zero attached hydrogens (tertiary/aromatic N) is 4. The van der Waals surface area contributed by atoms with Gasteiger partial charge in [-0.15, -0.1) is 0 Å². The number of ether oxygens (including phenoxy) is 4. The van der Waals surface area contributed by atoms with Gasteiger partial charge in [0.15, 0.2) is 29.9 Å². The molecule has 2 N–H and O–H groups in total. The second-order valence-corrected chi connectivity index (χ2v) is 6.10. The molecule has 0 aromatic carbocycles. The van der Waals surface area contributed by atoms with Crippen LogP contribution in [-0.4, -0.2) is 62.3 Å². The minimum absolute atomic E-state index is 0.166. The molecule has 3 heterocycles. The highest BCUT2D eigenvalue weighted by Crippen LogP contribution is 2.36. The number of carbonyl (C=O) groups is 3. The maximum atomic E-state index is 11.7. The normalized spacial score (nSPS) is 24.1. The van der Waals surface area contributed by atoms with Gasteiger partial charge in [0.05, 0.1) is 6.33 Å². The van der Waals surface area contributed by atoms with Crippen LogP contribution < -0.4 is 5.73 Å². The lowest BCUT2D eigenvalue weighted by Crippen LogP contribution is -2.40. The summed E-state index contributed by atoms with van der Waals surface area (Å²) < 4.78 is 23.1. The summed E-state index contributed by atoms with van der Waals surface area (Å²) in [7, 11) is 0. The molecule has 1 aliphatic rings. The molecule has 1 fully saturated rings. The van der Waals surface area contributed by atoms with Crippen molar-refractivity contribution < 1.29 is 33.3 Å². The molecular formula is C16H19N5O7. The fraction of sp³-hybridized carbons (Fsp3) is 0.500. The van der Waals surface area contributed by atoms with E-state index < -0.39 is 42.4 Å². The topological polar surface area (TPSA) is 158 Å². The van der Waals surface area contributed by atoms with Gasteiger partial charge in [-0.25, -0.2) is 15.0 Å². The van der Waals surface area contributed by atoms with Crippen molar-refractivity contribution in [2.24, 2.45) is 0 Å². The number of fused-ring (bicyclic) bond motifs is 1. The highest BCUT2D eigenvalue weighted by molar-refractivity contribution is 5.81. The van der Waals surface area contributed by atoms with E-state index in [1.54, 1.807) is 0 Å². The Balaban J connectivity index is 2.01. The van der Waals surface area contributed by atoms with Gasteiger partial charge in [-0.05, 0) is 0 Å². The Hall–Kier alpha value is -3.28. The second kappa shape index (κ2) is 7.76. The average Bonchev–Trinajstić information content (AvgIpc) is 3.16. The zero-order valence-electron chi connectivity index (χ0n) is 15.4.